The third-order valence-electron chi connectivity index (χ3n) is 2.99. The number of nitrogens with one attached hydrogen (secondary N) is 2. The van der Waals surface area contributed by atoms with Gasteiger partial charge in [-0.3, -0.25) is 14.6 Å². The summed E-state index contributed by atoms with van der Waals surface area (Å²) >= 11 is 3.40. The number of hydrogen-bond donors (Lipinski definition) is 2. The van der Waals surface area contributed by atoms with E-state index < -0.39 is 0 Å². The standard InChI is InChI=1S/C16H16BrN3O2/c1-11-4-5-13(7-14(11)17)20-16(22)8-15(21)19-10-12-3-2-6-18-9-12/h2-7,9H,8,10H2,1H3,(H,19,21)(H,20,22). The van der Waals surface area contributed by atoms with Crippen LogP contribution in [0.15, 0.2) is 47.2 Å². The van der Waals surface area contributed by atoms with Gasteiger partial charge in [-0.1, -0.05) is 28.1 Å². The molecule has 2 N–H and O–H groups in total. The smallest absolute Gasteiger partial charge is 0.233 e. The van der Waals surface area contributed by atoms with Gasteiger partial charge in [-0.15, -0.1) is 0 Å². The van der Waals surface area contributed by atoms with Crippen LogP contribution in [0.3, 0.4) is 0 Å². The van der Waals surface area contributed by atoms with Crippen molar-refractivity contribution < 1.29 is 9.59 Å². The molecule has 2 aromatic rings. The quantitative estimate of drug-likeness (QED) is 0.804. The molecule has 2 amide bonds. The van der Waals surface area contributed by atoms with Crippen LogP contribution in [-0.4, -0.2) is 16.8 Å². The van der Waals surface area contributed by atoms with Gasteiger partial charge in [0.1, 0.15) is 6.42 Å². The Kier molecular flexibility index (Phi) is 5.66. The maximum atomic E-state index is 11.8. The molecule has 1 aromatic heterocycles. The minimum Gasteiger partial charge on any atom is -0.352 e. The van der Waals surface area contributed by atoms with Crippen molar-refractivity contribution in [3.63, 3.8) is 0 Å². The Morgan fingerprint density at radius 3 is 2.73 bits per heavy atom. The van der Waals surface area contributed by atoms with E-state index in [0.29, 0.717) is 12.2 Å². The van der Waals surface area contributed by atoms with E-state index >= 15 is 0 Å². The Morgan fingerprint density at radius 1 is 1.23 bits per heavy atom. The highest BCUT2D eigenvalue weighted by Crippen LogP contribution is 2.20. The van der Waals surface area contributed by atoms with Crippen molar-refractivity contribution in [2.24, 2.45) is 0 Å². The van der Waals surface area contributed by atoms with Crippen molar-refractivity contribution in [1.29, 1.82) is 0 Å². The third kappa shape index (κ3) is 4.96. The van der Waals surface area contributed by atoms with Crippen LogP contribution in [0.1, 0.15) is 17.5 Å². The van der Waals surface area contributed by atoms with Gasteiger partial charge in [-0.25, -0.2) is 0 Å². The number of carbonyl (C=O) groups is 2. The van der Waals surface area contributed by atoms with E-state index in [1.165, 1.54) is 0 Å². The van der Waals surface area contributed by atoms with Crippen LogP contribution in [-0.2, 0) is 16.1 Å². The van der Waals surface area contributed by atoms with E-state index in [-0.39, 0.29) is 18.2 Å². The van der Waals surface area contributed by atoms with Gasteiger partial charge < -0.3 is 10.6 Å². The maximum Gasteiger partial charge on any atom is 0.233 e. The summed E-state index contributed by atoms with van der Waals surface area (Å²) in [6.45, 7) is 2.32. The SMILES string of the molecule is Cc1ccc(NC(=O)CC(=O)NCc2cccnc2)cc1Br. The van der Waals surface area contributed by atoms with Gasteiger partial charge in [0.25, 0.3) is 0 Å². The number of aromatic nitrogens is 1. The fourth-order valence-electron chi connectivity index (χ4n) is 1.79. The highest BCUT2D eigenvalue weighted by molar-refractivity contribution is 9.10. The molecule has 0 fully saturated rings. The largest absolute Gasteiger partial charge is 0.352 e. The molecular formula is C16H16BrN3O2. The number of rotatable bonds is 5. The molecule has 0 aliphatic carbocycles. The van der Waals surface area contributed by atoms with Crippen molar-refractivity contribution in [2.75, 3.05) is 5.32 Å². The second-order valence-corrected chi connectivity index (χ2v) is 5.68. The molecule has 2 rings (SSSR count). The van der Waals surface area contributed by atoms with E-state index in [0.717, 1.165) is 15.6 Å². The van der Waals surface area contributed by atoms with Crippen molar-refractivity contribution in [2.45, 2.75) is 19.9 Å². The first-order chi connectivity index (χ1) is 10.5. The van der Waals surface area contributed by atoms with Crippen LogP contribution in [0.25, 0.3) is 0 Å². The zero-order valence-corrected chi connectivity index (χ0v) is 13.7. The van der Waals surface area contributed by atoms with E-state index in [1.807, 2.05) is 19.1 Å². The van der Waals surface area contributed by atoms with Gasteiger partial charge >= 0.3 is 0 Å². The van der Waals surface area contributed by atoms with Gasteiger partial charge in [0.2, 0.25) is 11.8 Å². The second-order valence-electron chi connectivity index (χ2n) is 4.83. The second kappa shape index (κ2) is 7.70. The van der Waals surface area contributed by atoms with Crippen LogP contribution in [0.4, 0.5) is 5.69 Å². The topological polar surface area (TPSA) is 71.1 Å². The number of pyridine rings is 1. The Balaban J connectivity index is 1.81. The number of benzene rings is 1. The molecule has 0 atom stereocenters. The number of aryl methyl sites for hydroxylation is 1. The first kappa shape index (κ1) is 16.2. The third-order valence-corrected chi connectivity index (χ3v) is 3.84. The van der Waals surface area contributed by atoms with Crippen molar-refractivity contribution >= 4 is 33.4 Å². The number of hydrogen-bond acceptors (Lipinski definition) is 3. The van der Waals surface area contributed by atoms with Gasteiger partial charge in [-0.2, -0.15) is 0 Å². The summed E-state index contributed by atoms with van der Waals surface area (Å²) in [6, 6.07) is 9.15. The monoisotopic (exact) mass is 361 g/mol. The van der Waals surface area contributed by atoms with Gasteiger partial charge in [0.05, 0.1) is 0 Å². The molecule has 114 valence electrons. The summed E-state index contributed by atoms with van der Waals surface area (Å²) in [5.41, 5.74) is 2.62. The lowest BCUT2D eigenvalue weighted by Gasteiger charge is -2.08. The molecule has 0 saturated carbocycles. The van der Waals surface area contributed by atoms with Gasteiger partial charge in [-0.05, 0) is 36.2 Å². The molecule has 0 aliphatic heterocycles. The Hall–Kier alpha value is -2.21. The zero-order chi connectivity index (χ0) is 15.9. The molecule has 1 heterocycles. The van der Waals surface area contributed by atoms with Gasteiger partial charge in [0, 0.05) is 29.1 Å². The number of anilines is 1. The summed E-state index contributed by atoms with van der Waals surface area (Å²) in [5.74, 6) is -0.674. The van der Waals surface area contributed by atoms with Crippen LogP contribution in [0.5, 0.6) is 0 Å². The average molecular weight is 362 g/mol. The Bertz CT molecular complexity index is 674. The van der Waals surface area contributed by atoms with Crippen LogP contribution >= 0.6 is 15.9 Å². The van der Waals surface area contributed by atoms with Crippen molar-refractivity contribution in [3.05, 3.63) is 58.3 Å². The summed E-state index contributed by atoms with van der Waals surface area (Å²) in [7, 11) is 0. The summed E-state index contributed by atoms with van der Waals surface area (Å²) in [5, 5.41) is 5.38. The minimum absolute atomic E-state index is 0.217. The predicted octanol–water partition coefficient (Wildman–Crippen LogP) is 2.80. The average Bonchev–Trinajstić information content (AvgIpc) is 2.50. The molecule has 0 spiro atoms. The molecule has 0 saturated heterocycles. The lowest BCUT2D eigenvalue weighted by Crippen LogP contribution is -2.27. The molecular weight excluding hydrogens is 346 g/mol. The van der Waals surface area contributed by atoms with Crippen LogP contribution < -0.4 is 10.6 Å². The van der Waals surface area contributed by atoms with Crippen LogP contribution in [0.2, 0.25) is 0 Å². The lowest BCUT2D eigenvalue weighted by molar-refractivity contribution is -0.126. The van der Waals surface area contributed by atoms with Crippen LogP contribution in [0, 0.1) is 6.92 Å². The highest BCUT2D eigenvalue weighted by atomic mass is 79.9. The van der Waals surface area contributed by atoms with E-state index in [1.54, 1.807) is 30.6 Å². The Morgan fingerprint density at radius 2 is 2.05 bits per heavy atom. The Labute approximate surface area is 137 Å². The van der Waals surface area contributed by atoms with E-state index in [9.17, 15) is 9.59 Å². The first-order valence-electron chi connectivity index (χ1n) is 6.76. The van der Waals surface area contributed by atoms with E-state index in [2.05, 4.69) is 31.5 Å². The fraction of sp³-hybridized carbons (Fsp3) is 0.188. The fourth-order valence-corrected chi connectivity index (χ4v) is 2.17. The summed E-state index contributed by atoms with van der Waals surface area (Å²) in [6.07, 6.45) is 3.12. The lowest BCUT2D eigenvalue weighted by atomic mass is 10.2. The molecule has 1 aromatic carbocycles. The normalized spacial score (nSPS) is 10.1. The summed E-state index contributed by atoms with van der Waals surface area (Å²) < 4.78 is 0.909. The zero-order valence-electron chi connectivity index (χ0n) is 12.1. The molecule has 6 heteroatoms. The highest BCUT2D eigenvalue weighted by Gasteiger charge is 2.10. The molecule has 0 aliphatic rings. The van der Waals surface area contributed by atoms with Crippen molar-refractivity contribution in [3.8, 4) is 0 Å². The first-order valence-corrected chi connectivity index (χ1v) is 7.55. The number of amides is 2. The minimum atomic E-state index is -0.348. The molecule has 0 unspecified atom stereocenters. The van der Waals surface area contributed by atoms with E-state index in [4.69, 9.17) is 0 Å². The number of carbonyl (C=O) groups excluding carboxylic acids is 2. The summed E-state index contributed by atoms with van der Waals surface area (Å²) in [4.78, 5) is 27.5. The molecule has 0 radical (unpaired) electrons. The van der Waals surface area contributed by atoms with Gasteiger partial charge in [0.15, 0.2) is 0 Å². The predicted molar refractivity (Wildman–Crippen MR) is 88.2 cm³/mol. The number of nitrogens with zero attached hydrogens (tertiary/aromatic N) is 1. The van der Waals surface area contributed by atoms with Crippen molar-refractivity contribution in [1.82, 2.24) is 10.3 Å². The molecule has 0 bridgehead atoms. The number of halogens is 1. The maximum absolute atomic E-state index is 11.8. The molecule has 22 heavy (non-hydrogen) atoms. The molecule has 5 nitrogen and oxygen atoms in total.